The molecule has 0 bridgehead atoms. The van der Waals surface area contributed by atoms with Crippen LogP contribution >= 0.6 is 15.9 Å². The molecule has 4 aromatic rings. The van der Waals surface area contributed by atoms with E-state index in [1.807, 2.05) is 30.3 Å². The van der Waals surface area contributed by atoms with Gasteiger partial charge in [0.05, 0.1) is 28.0 Å². The molecule has 0 saturated carbocycles. The quantitative estimate of drug-likeness (QED) is 0.287. The zero-order chi connectivity index (χ0) is 25.3. The molecule has 1 heterocycles. The highest BCUT2D eigenvalue weighted by molar-refractivity contribution is 9.10. The number of carboxylic acids is 1. The molecule has 1 aromatic heterocycles. The zero-order valence-electron chi connectivity index (χ0n) is 18.0. The van der Waals surface area contributed by atoms with Crippen molar-refractivity contribution in [1.29, 1.82) is 0 Å². The molecule has 178 valence electrons. The summed E-state index contributed by atoms with van der Waals surface area (Å²) in [4.78, 5) is 29.4. The number of carboxylic acid groups (broad SMARTS) is 1. The topological polar surface area (TPSA) is 88.5 Å². The third-order valence-electron chi connectivity index (χ3n) is 5.17. The summed E-state index contributed by atoms with van der Waals surface area (Å²) in [5, 5.41) is 12.1. The molecule has 0 fully saturated rings. The molecular weight excluding hydrogens is 529 g/mol. The summed E-state index contributed by atoms with van der Waals surface area (Å²) < 4.78 is 43.6. The molecule has 2 N–H and O–H groups in total. The van der Waals surface area contributed by atoms with Gasteiger partial charge < -0.3 is 15.2 Å². The van der Waals surface area contributed by atoms with Crippen LogP contribution in [0.15, 0.2) is 71.2 Å². The number of hydrogen-bond acceptors (Lipinski definition) is 4. The fraction of sp³-hybridized carbons (Fsp3) is 0.0800. The summed E-state index contributed by atoms with van der Waals surface area (Å²) in [6, 6.07) is 17.2. The number of aromatic nitrogens is 1. The van der Waals surface area contributed by atoms with Crippen molar-refractivity contribution in [3.8, 4) is 17.0 Å². The Morgan fingerprint density at radius 2 is 1.74 bits per heavy atom. The number of anilines is 1. The number of ether oxygens (including phenoxy) is 1. The Hall–Kier alpha value is -3.92. The molecule has 0 aliphatic rings. The van der Waals surface area contributed by atoms with Crippen LogP contribution < -0.4 is 10.1 Å². The van der Waals surface area contributed by atoms with Crippen molar-refractivity contribution in [3.05, 3.63) is 87.9 Å². The number of halogens is 4. The van der Waals surface area contributed by atoms with Crippen molar-refractivity contribution in [1.82, 2.24) is 4.98 Å². The minimum absolute atomic E-state index is 0.204. The summed E-state index contributed by atoms with van der Waals surface area (Å²) >= 11 is 3.38. The standard InChI is InChI=1S/C25H16BrF3N2O4/c1-13-21(17-12-16(26)8-10-18(17)30-22(13)14-5-3-2-4-6-14)23(32)31-19-9-7-15(24(33)34)11-20(19)35-25(27,28)29/h2-12H,1H3,(H,31,32)(H,33,34). The third kappa shape index (κ3) is 5.27. The first kappa shape index (κ1) is 24.2. The van der Waals surface area contributed by atoms with Gasteiger partial charge in [0.25, 0.3) is 5.91 Å². The molecule has 0 radical (unpaired) electrons. The molecule has 10 heteroatoms. The van der Waals surface area contributed by atoms with Gasteiger partial charge in [-0.25, -0.2) is 9.78 Å². The number of rotatable bonds is 5. The Kier molecular flexibility index (Phi) is 6.49. The van der Waals surface area contributed by atoms with Crippen LogP contribution in [0.3, 0.4) is 0 Å². The summed E-state index contributed by atoms with van der Waals surface area (Å²) in [7, 11) is 0. The molecule has 0 atom stereocenters. The number of carbonyl (C=O) groups is 2. The molecule has 4 rings (SSSR count). The van der Waals surface area contributed by atoms with Crippen LogP contribution in [0.1, 0.15) is 26.3 Å². The minimum atomic E-state index is -5.10. The van der Waals surface area contributed by atoms with E-state index < -0.39 is 29.6 Å². The Bertz CT molecular complexity index is 1460. The molecule has 0 unspecified atom stereocenters. The van der Waals surface area contributed by atoms with Gasteiger partial charge in [0.15, 0.2) is 5.75 Å². The lowest BCUT2D eigenvalue weighted by Crippen LogP contribution is -2.21. The number of benzene rings is 3. The molecule has 0 aliphatic heterocycles. The zero-order valence-corrected chi connectivity index (χ0v) is 19.6. The summed E-state index contributed by atoms with van der Waals surface area (Å²) in [6.45, 7) is 1.70. The van der Waals surface area contributed by atoms with E-state index in [-0.39, 0.29) is 11.3 Å². The molecule has 1 amide bonds. The van der Waals surface area contributed by atoms with Crippen molar-refractivity contribution in [2.75, 3.05) is 5.32 Å². The summed E-state index contributed by atoms with van der Waals surface area (Å²) in [6.07, 6.45) is -5.10. The van der Waals surface area contributed by atoms with Gasteiger partial charge in [0.2, 0.25) is 0 Å². The lowest BCUT2D eigenvalue weighted by atomic mass is 9.97. The van der Waals surface area contributed by atoms with E-state index in [9.17, 15) is 22.8 Å². The Balaban J connectivity index is 1.86. The number of aromatic carboxylic acids is 1. The monoisotopic (exact) mass is 544 g/mol. The second-order valence-electron chi connectivity index (χ2n) is 7.51. The van der Waals surface area contributed by atoms with Gasteiger partial charge in [-0.2, -0.15) is 0 Å². The predicted molar refractivity (Wildman–Crippen MR) is 128 cm³/mol. The minimum Gasteiger partial charge on any atom is -0.478 e. The number of carbonyl (C=O) groups excluding carboxylic acids is 1. The smallest absolute Gasteiger partial charge is 0.478 e. The second kappa shape index (κ2) is 9.38. The van der Waals surface area contributed by atoms with Gasteiger partial charge in [0.1, 0.15) is 0 Å². The normalized spacial score (nSPS) is 11.3. The van der Waals surface area contributed by atoms with Crippen LogP contribution in [0.2, 0.25) is 0 Å². The lowest BCUT2D eigenvalue weighted by Gasteiger charge is -2.17. The van der Waals surface area contributed by atoms with E-state index >= 15 is 0 Å². The van der Waals surface area contributed by atoms with E-state index in [1.54, 1.807) is 25.1 Å². The van der Waals surface area contributed by atoms with Crippen molar-refractivity contribution in [2.24, 2.45) is 0 Å². The van der Waals surface area contributed by atoms with Gasteiger partial charge in [-0.05, 0) is 48.9 Å². The second-order valence-corrected chi connectivity index (χ2v) is 8.42. The maximum atomic E-state index is 13.5. The maximum absolute atomic E-state index is 13.5. The van der Waals surface area contributed by atoms with Gasteiger partial charge in [-0.3, -0.25) is 4.79 Å². The molecule has 0 saturated heterocycles. The first-order valence-electron chi connectivity index (χ1n) is 10.1. The fourth-order valence-electron chi connectivity index (χ4n) is 3.65. The van der Waals surface area contributed by atoms with Crippen LogP contribution in [-0.2, 0) is 0 Å². The van der Waals surface area contributed by atoms with Crippen LogP contribution in [0.5, 0.6) is 5.75 Å². The molecular formula is C25H16BrF3N2O4. The molecule has 3 aromatic carbocycles. The van der Waals surface area contributed by atoms with Crippen LogP contribution in [0.4, 0.5) is 18.9 Å². The van der Waals surface area contributed by atoms with E-state index in [1.165, 1.54) is 0 Å². The summed E-state index contributed by atoms with van der Waals surface area (Å²) in [5.74, 6) is -2.99. The van der Waals surface area contributed by atoms with E-state index in [0.717, 1.165) is 17.7 Å². The predicted octanol–water partition coefficient (Wildman–Crippen LogP) is 6.82. The van der Waals surface area contributed by atoms with Crippen LogP contribution in [0.25, 0.3) is 22.2 Å². The maximum Gasteiger partial charge on any atom is 0.573 e. The number of pyridine rings is 1. The fourth-order valence-corrected chi connectivity index (χ4v) is 4.01. The van der Waals surface area contributed by atoms with Crippen molar-refractivity contribution in [2.45, 2.75) is 13.3 Å². The molecule has 0 aliphatic carbocycles. The van der Waals surface area contributed by atoms with Crippen LogP contribution in [0, 0.1) is 6.92 Å². The summed E-state index contributed by atoms with van der Waals surface area (Å²) in [5.41, 5.74) is 1.77. The average Bonchev–Trinajstić information content (AvgIpc) is 2.79. The van der Waals surface area contributed by atoms with Crippen molar-refractivity contribution < 1.29 is 32.6 Å². The highest BCUT2D eigenvalue weighted by Crippen LogP contribution is 2.35. The van der Waals surface area contributed by atoms with E-state index in [4.69, 9.17) is 10.1 Å². The Labute approximate surface area is 205 Å². The Morgan fingerprint density at radius 1 is 1.03 bits per heavy atom. The first-order chi connectivity index (χ1) is 16.5. The molecule has 0 spiro atoms. The number of alkyl halides is 3. The first-order valence-corrected chi connectivity index (χ1v) is 10.9. The number of amides is 1. The lowest BCUT2D eigenvalue weighted by molar-refractivity contribution is -0.274. The molecule has 6 nitrogen and oxygen atoms in total. The average molecular weight is 545 g/mol. The van der Waals surface area contributed by atoms with Gasteiger partial charge in [-0.15, -0.1) is 13.2 Å². The molecule has 35 heavy (non-hydrogen) atoms. The third-order valence-corrected chi connectivity index (χ3v) is 5.66. The van der Waals surface area contributed by atoms with Gasteiger partial charge >= 0.3 is 12.3 Å². The number of nitrogens with zero attached hydrogens (tertiary/aromatic N) is 1. The van der Waals surface area contributed by atoms with E-state index in [0.29, 0.717) is 32.7 Å². The number of nitrogens with one attached hydrogen (secondary N) is 1. The van der Waals surface area contributed by atoms with Crippen molar-refractivity contribution in [3.63, 3.8) is 0 Å². The van der Waals surface area contributed by atoms with Gasteiger partial charge in [0, 0.05) is 15.4 Å². The highest BCUT2D eigenvalue weighted by Gasteiger charge is 2.33. The van der Waals surface area contributed by atoms with E-state index in [2.05, 4.69) is 26.0 Å². The van der Waals surface area contributed by atoms with Gasteiger partial charge in [-0.1, -0.05) is 46.3 Å². The number of hydrogen-bond donors (Lipinski definition) is 2. The Morgan fingerprint density at radius 3 is 2.40 bits per heavy atom. The number of fused-ring (bicyclic) bond motifs is 1. The largest absolute Gasteiger partial charge is 0.573 e. The van der Waals surface area contributed by atoms with Crippen LogP contribution in [-0.4, -0.2) is 28.3 Å². The van der Waals surface area contributed by atoms with Crippen molar-refractivity contribution >= 4 is 44.4 Å². The SMILES string of the molecule is Cc1c(-c2ccccc2)nc2ccc(Br)cc2c1C(=O)Nc1ccc(C(=O)O)cc1OC(F)(F)F. The highest BCUT2D eigenvalue weighted by atomic mass is 79.9.